The van der Waals surface area contributed by atoms with Crippen molar-refractivity contribution in [2.75, 3.05) is 12.4 Å². The predicted octanol–water partition coefficient (Wildman–Crippen LogP) is 5.18. The smallest absolute Gasteiger partial charge is 0.291 e. The molecule has 4 rings (SSSR count). The lowest BCUT2D eigenvalue weighted by Crippen LogP contribution is -2.10. The number of aryl methyl sites for hydroxylation is 1. The van der Waals surface area contributed by atoms with Gasteiger partial charge in [0.25, 0.3) is 11.6 Å². The van der Waals surface area contributed by atoms with Crippen LogP contribution in [0.1, 0.15) is 21.9 Å². The van der Waals surface area contributed by atoms with Crippen LogP contribution in [0.3, 0.4) is 0 Å². The van der Waals surface area contributed by atoms with Gasteiger partial charge in [-0.05, 0) is 55.0 Å². The number of aliphatic hydroxyl groups is 1. The number of anilines is 1. The van der Waals surface area contributed by atoms with Crippen molar-refractivity contribution in [3.05, 3.63) is 87.9 Å². The quantitative estimate of drug-likeness (QED) is 0.295. The molecule has 33 heavy (non-hydrogen) atoms. The van der Waals surface area contributed by atoms with Crippen LogP contribution in [-0.2, 0) is 6.61 Å². The number of carbonyl (C=O) groups excluding carboxylic acids is 1. The number of ether oxygens (including phenoxy) is 1. The summed E-state index contributed by atoms with van der Waals surface area (Å²) in [4.78, 5) is 23.6. The Morgan fingerprint density at radius 1 is 1.03 bits per heavy atom. The van der Waals surface area contributed by atoms with Gasteiger partial charge in [-0.3, -0.25) is 14.9 Å². The molecule has 168 valence electrons. The number of furan rings is 2. The van der Waals surface area contributed by atoms with Crippen LogP contribution in [0.4, 0.5) is 11.4 Å². The molecule has 0 aliphatic carbocycles. The second-order valence-corrected chi connectivity index (χ2v) is 7.23. The monoisotopic (exact) mass is 448 g/mol. The highest BCUT2D eigenvalue weighted by molar-refractivity contribution is 6.03. The fraction of sp³-hybridized carbons (Fsp3) is 0.125. The van der Waals surface area contributed by atoms with Crippen molar-refractivity contribution >= 4 is 17.3 Å². The first-order valence-corrected chi connectivity index (χ1v) is 9.94. The first-order valence-electron chi connectivity index (χ1n) is 9.94. The molecule has 0 bridgehead atoms. The van der Waals surface area contributed by atoms with E-state index in [1.54, 1.807) is 49.4 Å². The van der Waals surface area contributed by atoms with Crippen molar-refractivity contribution in [3.8, 4) is 28.4 Å². The summed E-state index contributed by atoms with van der Waals surface area (Å²) in [7, 11) is 1.49. The number of hydrogen-bond donors (Lipinski definition) is 2. The van der Waals surface area contributed by atoms with Crippen molar-refractivity contribution in [2.24, 2.45) is 0 Å². The zero-order chi connectivity index (χ0) is 23.5. The zero-order valence-corrected chi connectivity index (χ0v) is 17.8. The van der Waals surface area contributed by atoms with Crippen molar-refractivity contribution in [2.45, 2.75) is 13.5 Å². The number of rotatable bonds is 7. The van der Waals surface area contributed by atoms with Crippen molar-refractivity contribution < 1.29 is 28.4 Å². The maximum atomic E-state index is 12.7. The molecule has 2 N–H and O–H groups in total. The number of methoxy groups -OCH3 is 1. The molecular weight excluding hydrogens is 428 g/mol. The molecule has 0 spiro atoms. The van der Waals surface area contributed by atoms with Gasteiger partial charge in [-0.2, -0.15) is 0 Å². The van der Waals surface area contributed by atoms with Gasteiger partial charge in [0.2, 0.25) is 0 Å². The van der Waals surface area contributed by atoms with Crippen LogP contribution in [0.25, 0.3) is 22.6 Å². The van der Waals surface area contributed by atoms with E-state index in [2.05, 4.69) is 5.32 Å². The minimum Gasteiger partial charge on any atom is -0.496 e. The van der Waals surface area contributed by atoms with Crippen LogP contribution >= 0.6 is 0 Å². The van der Waals surface area contributed by atoms with Crippen molar-refractivity contribution in [3.63, 3.8) is 0 Å². The predicted molar refractivity (Wildman–Crippen MR) is 120 cm³/mol. The molecule has 0 aliphatic rings. The molecule has 2 heterocycles. The summed E-state index contributed by atoms with van der Waals surface area (Å²) in [6, 6.07) is 16.2. The number of nitrogens with zero attached hydrogens (tertiary/aromatic N) is 1. The summed E-state index contributed by atoms with van der Waals surface area (Å²) >= 11 is 0. The molecule has 2 aromatic heterocycles. The summed E-state index contributed by atoms with van der Waals surface area (Å²) in [5.74, 6) is 1.10. The molecule has 1 amide bonds. The van der Waals surface area contributed by atoms with Crippen LogP contribution in [0.15, 0.2) is 69.5 Å². The molecule has 4 aromatic rings. The van der Waals surface area contributed by atoms with E-state index in [0.29, 0.717) is 28.5 Å². The molecule has 0 unspecified atom stereocenters. The Bertz CT molecular complexity index is 1340. The zero-order valence-electron chi connectivity index (χ0n) is 17.8. The Kier molecular flexibility index (Phi) is 5.97. The third-order valence-corrected chi connectivity index (χ3v) is 4.99. The molecule has 2 aromatic carbocycles. The number of nitro groups is 1. The van der Waals surface area contributed by atoms with E-state index in [-0.39, 0.29) is 29.4 Å². The Morgan fingerprint density at radius 3 is 2.45 bits per heavy atom. The Hall–Kier alpha value is -4.37. The van der Waals surface area contributed by atoms with E-state index in [4.69, 9.17) is 13.6 Å². The number of nitrogens with one attached hydrogen (secondary N) is 1. The van der Waals surface area contributed by atoms with E-state index >= 15 is 0 Å². The minimum atomic E-state index is -0.522. The van der Waals surface area contributed by atoms with Gasteiger partial charge in [-0.15, -0.1) is 0 Å². The standard InChI is InChI=1S/C24H20N2O7/c1-14-3-6-17(19(11-14)26(29)30)20-9-10-22(33-20)24(28)25-15-4-7-18(23(12-15)31-2)21-8-5-16(13-27)32-21/h3-12,27H,13H2,1-2H3,(H,25,28). The molecule has 0 saturated carbocycles. The average molecular weight is 448 g/mol. The highest BCUT2D eigenvalue weighted by atomic mass is 16.6. The van der Waals surface area contributed by atoms with Gasteiger partial charge in [0.05, 0.1) is 23.2 Å². The number of benzene rings is 2. The maximum absolute atomic E-state index is 12.7. The van der Waals surface area contributed by atoms with Gasteiger partial charge in [0.1, 0.15) is 29.6 Å². The molecule has 9 heteroatoms. The topological polar surface area (TPSA) is 128 Å². The van der Waals surface area contributed by atoms with Crippen molar-refractivity contribution in [1.29, 1.82) is 0 Å². The largest absolute Gasteiger partial charge is 0.496 e. The van der Waals surface area contributed by atoms with E-state index in [1.807, 2.05) is 0 Å². The van der Waals surface area contributed by atoms with Crippen LogP contribution < -0.4 is 10.1 Å². The molecule has 0 fully saturated rings. The van der Waals surface area contributed by atoms with E-state index in [9.17, 15) is 20.0 Å². The highest BCUT2D eigenvalue weighted by Gasteiger charge is 2.20. The SMILES string of the molecule is COc1cc(NC(=O)c2ccc(-c3ccc(C)cc3[N+](=O)[O-])o2)ccc1-c1ccc(CO)o1. The summed E-state index contributed by atoms with van der Waals surface area (Å²) in [5, 5.41) is 23.3. The normalized spacial score (nSPS) is 10.8. The Balaban J connectivity index is 1.56. The van der Waals surface area contributed by atoms with Gasteiger partial charge < -0.3 is 24.0 Å². The second kappa shape index (κ2) is 9.01. The average Bonchev–Trinajstić information content (AvgIpc) is 3.49. The van der Waals surface area contributed by atoms with Gasteiger partial charge in [-0.25, -0.2) is 0 Å². The highest BCUT2D eigenvalue weighted by Crippen LogP contribution is 2.35. The summed E-state index contributed by atoms with van der Waals surface area (Å²) in [6.07, 6.45) is 0. The minimum absolute atomic E-state index is 0.00142. The molecular formula is C24H20N2O7. The third kappa shape index (κ3) is 4.48. The van der Waals surface area contributed by atoms with Crippen LogP contribution in [0, 0.1) is 17.0 Å². The fourth-order valence-electron chi connectivity index (χ4n) is 3.38. The lowest BCUT2D eigenvalue weighted by atomic mass is 10.1. The van der Waals surface area contributed by atoms with Gasteiger partial charge >= 0.3 is 0 Å². The Morgan fingerprint density at radius 2 is 1.76 bits per heavy atom. The summed E-state index contributed by atoms with van der Waals surface area (Å²) in [6.45, 7) is 1.54. The lowest BCUT2D eigenvalue weighted by Gasteiger charge is -2.10. The van der Waals surface area contributed by atoms with Crippen LogP contribution in [0.5, 0.6) is 5.75 Å². The fourth-order valence-corrected chi connectivity index (χ4v) is 3.38. The third-order valence-electron chi connectivity index (χ3n) is 4.99. The van der Waals surface area contributed by atoms with Gasteiger partial charge in [-0.1, -0.05) is 6.07 Å². The number of aliphatic hydroxyl groups excluding tert-OH is 1. The van der Waals surface area contributed by atoms with Gasteiger partial charge in [0, 0.05) is 17.8 Å². The van der Waals surface area contributed by atoms with Crippen molar-refractivity contribution in [1.82, 2.24) is 0 Å². The van der Waals surface area contributed by atoms with Crippen LogP contribution in [0.2, 0.25) is 0 Å². The number of carbonyl (C=O) groups is 1. The molecule has 0 radical (unpaired) electrons. The molecule has 0 aliphatic heterocycles. The maximum Gasteiger partial charge on any atom is 0.291 e. The molecule has 0 atom stereocenters. The summed E-state index contributed by atoms with van der Waals surface area (Å²) < 4.78 is 16.6. The molecule has 0 saturated heterocycles. The number of hydrogen-bond acceptors (Lipinski definition) is 7. The van der Waals surface area contributed by atoms with Crippen LogP contribution in [-0.4, -0.2) is 23.0 Å². The first kappa shape index (κ1) is 21.8. The molecule has 9 nitrogen and oxygen atoms in total. The number of amides is 1. The Labute approximate surface area is 188 Å². The lowest BCUT2D eigenvalue weighted by molar-refractivity contribution is -0.384. The van der Waals surface area contributed by atoms with E-state index in [0.717, 1.165) is 5.56 Å². The summed E-state index contributed by atoms with van der Waals surface area (Å²) in [5.41, 5.74) is 2.04. The number of nitro benzene ring substituents is 1. The first-order chi connectivity index (χ1) is 15.9. The second-order valence-electron chi connectivity index (χ2n) is 7.23. The van der Waals surface area contributed by atoms with Gasteiger partial charge in [0.15, 0.2) is 5.76 Å². The van der Waals surface area contributed by atoms with E-state index < -0.39 is 10.8 Å². The van der Waals surface area contributed by atoms with E-state index in [1.165, 1.54) is 25.3 Å².